The summed E-state index contributed by atoms with van der Waals surface area (Å²) in [6.07, 6.45) is 16.4. The van der Waals surface area contributed by atoms with E-state index < -0.39 is 0 Å². The summed E-state index contributed by atoms with van der Waals surface area (Å²) < 4.78 is 6.36. The smallest absolute Gasteiger partial charge is 0.136 e. The summed E-state index contributed by atoms with van der Waals surface area (Å²) in [5.41, 5.74) is 11.6. The van der Waals surface area contributed by atoms with Gasteiger partial charge in [0, 0.05) is 28.4 Å². The Morgan fingerprint density at radius 2 is 1.16 bits per heavy atom. The number of allylic oxidation sites excluding steroid dienone is 7. The maximum Gasteiger partial charge on any atom is 0.136 e. The van der Waals surface area contributed by atoms with E-state index in [0.29, 0.717) is 0 Å². The van der Waals surface area contributed by atoms with Gasteiger partial charge in [-0.2, -0.15) is 0 Å². The zero-order valence-corrected chi connectivity index (χ0v) is 34.3. The Labute approximate surface area is 362 Å². The topological polar surface area (TPSA) is 16.4 Å². The van der Waals surface area contributed by atoms with Crippen LogP contribution in [0.4, 0.5) is 5.69 Å². The molecule has 0 aliphatic heterocycles. The van der Waals surface area contributed by atoms with Crippen molar-refractivity contribution in [2.45, 2.75) is 0 Å². The van der Waals surface area contributed by atoms with Gasteiger partial charge in [-0.3, -0.25) is 0 Å². The lowest BCUT2D eigenvalue weighted by Gasteiger charge is -2.23. The van der Waals surface area contributed by atoms with Crippen molar-refractivity contribution in [2.24, 2.45) is 0 Å². The molecule has 2 nitrogen and oxygen atoms in total. The Morgan fingerprint density at radius 3 is 1.97 bits per heavy atom. The first-order chi connectivity index (χ1) is 30.6. The molecule has 0 N–H and O–H groups in total. The quantitative estimate of drug-likeness (QED) is 0.121. The van der Waals surface area contributed by atoms with E-state index in [2.05, 4.69) is 237 Å². The van der Waals surface area contributed by atoms with Crippen molar-refractivity contribution < 1.29 is 4.42 Å². The summed E-state index contributed by atoms with van der Waals surface area (Å²) in [6, 6.07) is 66.9. The molecule has 0 unspecified atom stereocenters. The second-order valence-electron chi connectivity index (χ2n) is 15.5. The van der Waals surface area contributed by atoms with E-state index in [1.807, 2.05) is 18.2 Å². The summed E-state index contributed by atoms with van der Waals surface area (Å²) in [4.78, 5) is 2.22. The van der Waals surface area contributed by atoms with Gasteiger partial charge >= 0.3 is 0 Å². The van der Waals surface area contributed by atoms with E-state index in [0.717, 1.165) is 66.5 Å². The van der Waals surface area contributed by atoms with Crippen molar-refractivity contribution >= 4 is 71.6 Å². The van der Waals surface area contributed by atoms with Crippen LogP contribution in [0.2, 0.25) is 0 Å². The first-order valence-corrected chi connectivity index (χ1v) is 21.0. The van der Waals surface area contributed by atoms with Crippen LogP contribution in [0.25, 0.3) is 88.2 Å². The molecule has 62 heavy (non-hydrogen) atoms. The highest BCUT2D eigenvalue weighted by Crippen LogP contribution is 2.35. The molecule has 0 fully saturated rings. The molecule has 0 saturated heterocycles. The summed E-state index contributed by atoms with van der Waals surface area (Å²) in [5.74, 6) is 0. The van der Waals surface area contributed by atoms with Gasteiger partial charge < -0.3 is 9.32 Å². The predicted molar refractivity (Wildman–Crippen MR) is 267 cm³/mol. The van der Waals surface area contributed by atoms with E-state index in [1.165, 1.54) is 38.1 Å². The fraction of sp³-hybridized carbons (Fsp3) is 0. The second kappa shape index (κ2) is 16.8. The largest absolute Gasteiger partial charge is 0.456 e. The Balaban J connectivity index is 1.06. The highest BCUT2D eigenvalue weighted by atomic mass is 16.3. The Kier molecular flexibility index (Phi) is 10.3. The predicted octanol–water partition coefficient (Wildman–Crippen LogP) is 16.8. The molecule has 10 rings (SSSR count). The van der Waals surface area contributed by atoms with E-state index in [1.54, 1.807) is 0 Å². The number of benzene rings is 9. The molecule has 0 saturated carbocycles. The zero-order chi connectivity index (χ0) is 41.8. The number of furan rings is 1. The molecular weight excluding hydrogens is 751 g/mol. The SMILES string of the molecule is C=C/C=C\C(=C\c1ccc2oc3cc4ccccc4cc3c2c1)N(/C=C/C=C(\C=C)c1cccc(-c2ccc3ccccc3c2)c1)c1ccc(-c2cccc3ccccc23)cc1. The second-order valence-corrected chi connectivity index (χ2v) is 15.5. The molecule has 0 atom stereocenters. The fourth-order valence-corrected chi connectivity index (χ4v) is 8.47. The van der Waals surface area contributed by atoms with Gasteiger partial charge in [0.2, 0.25) is 0 Å². The minimum atomic E-state index is 0.864. The molecule has 294 valence electrons. The van der Waals surface area contributed by atoms with E-state index in [4.69, 9.17) is 4.42 Å². The van der Waals surface area contributed by atoms with Crippen LogP contribution in [0.3, 0.4) is 0 Å². The van der Waals surface area contributed by atoms with Crippen molar-refractivity contribution in [3.05, 3.63) is 261 Å². The molecule has 1 aromatic heterocycles. The molecule has 0 amide bonds. The van der Waals surface area contributed by atoms with E-state index in [-0.39, 0.29) is 0 Å². The van der Waals surface area contributed by atoms with Gasteiger partial charge in [0.05, 0.1) is 0 Å². The number of anilines is 1. The van der Waals surface area contributed by atoms with Crippen LogP contribution in [0.15, 0.2) is 254 Å². The number of hydrogen-bond acceptors (Lipinski definition) is 2. The summed E-state index contributed by atoms with van der Waals surface area (Å²) >= 11 is 0. The molecule has 1 heterocycles. The highest BCUT2D eigenvalue weighted by Gasteiger charge is 2.13. The van der Waals surface area contributed by atoms with Gasteiger partial charge in [-0.25, -0.2) is 0 Å². The normalized spacial score (nSPS) is 12.4. The van der Waals surface area contributed by atoms with Crippen molar-refractivity contribution in [3.63, 3.8) is 0 Å². The average molecular weight is 794 g/mol. The minimum absolute atomic E-state index is 0.864. The van der Waals surface area contributed by atoms with Gasteiger partial charge in [-0.15, -0.1) is 0 Å². The first kappa shape index (κ1) is 38.0. The van der Waals surface area contributed by atoms with Crippen molar-refractivity contribution in [3.8, 4) is 22.3 Å². The maximum atomic E-state index is 6.36. The van der Waals surface area contributed by atoms with Crippen molar-refractivity contribution in [2.75, 3.05) is 4.90 Å². The summed E-state index contributed by atoms with van der Waals surface area (Å²) in [5, 5.41) is 9.45. The third-order valence-corrected chi connectivity index (χ3v) is 11.6. The molecule has 0 bridgehead atoms. The molecule has 10 aromatic rings. The van der Waals surface area contributed by atoms with E-state index >= 15 is 0 Å². The minimum Gasteiger partial charge on any atom is -0.456 e. The van der Waals surface area contributed by atoms with Gasteiger partial charge in [0.1, 0.15) is 11.2 Å². The van der Waals surface area contributed by atoms with Gasteiger partial charge in [0.15, 0.2) is 0 Å². The van der Waals surface area contributed by atoms with Crippen LogP contribution in [0.5, 0.6) is 0 Å². The highest BCUT2D eigenvalue weighted by molar-refractivity contribution is 6.10. The third kappa shape index (κ3) is 7.58. The van der Waals surface area contributed by atoms with Gasteiger partial charge in [-0.05, 0) is 138 Å². The molecule has 9 aromatic carbocycles. The van der Waals surface area contributed by atoms with Crippen LogP contribution >= 0.6 is 0 Å². The first-order valence-electron chi connectivity index (χ1n) is 21.0. The number of rotatable bonds is 11. The third-order valence-electron chi connectivity index (χ3n) is 11.6. The van der Waals surface area contributed by atoms with Crippen LogP contribution in [-0.2, 0) is 0 Å². The lowest BCUT2D eigenvalue weighted by Crippen LogP contribution is -2.14. The van der Waals surface area contributed by atoms with Crippen LogP contribution < -0.4 is 4.90 Å². The molecular formula is C60H43NO. The van der Waals surface area contributed by atoms with Crippen molar-refractivity contribution in [1.82, 2.24) is 0 Å². The zero-order valence-electron chi connectivity index (χ0n) is 34.3. The lowest BCUT2D eigenvalue weighted by molar-refractivity contribution is 0.669. The van der Waals surface area contributed by atoms with E-state index in [9.17, 15) is 0 Å². The van der Waals surface area contributed by atoms with Crippen LogP contribution in [-0.4, -0.2) is 0 Å². The lowest BCUT2D eigenvalue weighted by atomic mass is 9.97. The molecule has 0 radical (unpaired) electrons. The van der Waals surface area contributed by atoms with Gasteiger partial charge in [-0.1, -0.05) is 177 Å². The summed E-state index contributed by atoms with van der Waals surface area (Å²) in [7, 11) is 0. The Hall–Kier alpha value is -8.20. The molecule has 0 aliphatic rings. The molecule has 0 spiro atoms. The fourth-order valence-electron chi connectivity index (χ4n) is 8.47. The number of nitrogens with zero attached hydrogens (tertiary/aromatic N) is 1. The monoisotopic (exact) mass is 793 g/mol. The standard InChI is InChI=1S/C60H43NO/c1-3-5-24-54(36-42-27-34-59-57(37-42)58-40-50-18-8-9-19-51(50)41-60(58)62-59)61(53-32-30-46(31-33-53)56-26-13-20-45-16-10-11-25-55(45)56)35-14-23-43(4-2)47-21-12-22-49(38-47)52-29-28-44-15-6-7-17-48(44)39-52/h3-41H,1-2H2/b24-5-,35-14+,43-23+,54-36-. The molecule has 2 heteroatoms. The van der Waals surface area contributed by atoms with Gasteiger partial charge in [0.25, 0.3) is 0 Å². The average Bonchev–Trinajstić information content (AvgIpc) is 3.68. The number of hydrogen-bond donors (Lipinski definition) is 0. The number of fused-ring (bicyclic) bond motifs is 6. The van der Waals surface area contributed by atoms with Crippen molar-refractivity contribution in [1.29, 1.82) is 0 Å². The Bertz CT molecular complexity index is 3440. The Morgan fingerprint density at radius 1 is 0.484 bits per heavy atom. The molecule has 0 aliphatic carbocycles. The maximum absolute atomic E-state index is 6.36. The summed E-state index contributed by atoms with van der Waals surface area (Å²) in [6.45, 7) is 8.25. The van der Waals surface area contributed by atoms with Crippen LogP contribution in [0.1, 0.15) is 11.1 Å². The van der Waals surface area contributed by atoms with Crippen LogP contribution in [0, 0.1) is 0 Å².